The summed E-state index contributed by atoms with van der Waals surface area (Å²) in [4.78, 5) is 14.7. The molecule has 2 heterocycles. The summed E-state index contributed by atoms with van der Waals surface area (Å²) in [5.41, 5.74) is 7.12. The molecule has 0 aromatic carbocycles. The van der Waals surface area contributed by atoms with Crippen LogP contribution in [0.1, 0.15) is 49.5 Å². The highest BCUT2D eigenvalue weighted by Gasteiger charge is 2.13. The van der Waals surface area contributed by atoms with Crippen molar-refractivity contribution in [2.45, 2.75) is 45.6 Å². The Balaban J connectivity index is 1.73. The summed E-state index contributed by atoms with van der Waals surface area (Å²) in [6.07, 6.45) is 7.83. The molecule has 2 rings (SSSR count). The third-order valence-electron chi connectivity index (χ3n) is 4.00. The molecule has 0 bridgehead atoms. The standard InChI is InChI=1S/C16H28N4O/c1-2-8-20-13-14(17)12-15(20)16(21)18-7-6-11-19-9-4-3-5-10-19/h12-13H,2-11,17H2,1H3,(H,18,21). The fourth-order valence-corrected chi connectivity index (χ4v) is 2.93. The number of piperidine rings is 1. The number of aromatic nitrogens is 1. The van der Waals surface area contributed by atoms with Gasteiger partial charge in [0.15, 0.2) is 0 Å². The van der Waals surface area contributed by atoms with E-state index in [2.05, 4.69) is 17.1 Å². The summed E-state index contributed by atoms with van der Waals surface area (Å²) in [5.74, 6) is -0.0150. The Morgan fingerprint density at radius 3 is 2.76 bits per heavy atom. The number of amides is 1. The van der Waals surface area contributed by atoms with Crippen molar-refractivity contribution in [3.63, 3.8) is 0 Å². The second-order valence-corrected chi connectivity index (χ2v) is 5.86. The van der Waals surface area contributed by atoms with Gasteiger partial charge < -0.3 is 20.5 Å². The minimum Gasteiger partial charge on any atom is -0.397 e. The lowest BCUT2D eigenvalue weighted by molar-refractivity contribution is 0.0941. The van der Waals surface area contributed by atoms with Crippen LogP contribution in [0.2, 0.25) is 0 Å². The number of carbonyl (C=O) groups is 1. The number of nitrogens with two attached hydrogens (primary N) is 1. The van der Waals surface area contributed by atoms with Crippen molar-refractivity contribution in [2.75, 3.05) is 31.9 Å². The van der Waals surface area contributed by atoms with E-state index in [-0.39, 0.29) is 5.91 Å². The van der Waals surface area contributed by atoms with Crippen LogP contribution in [0.15, 0.2) is 12.3 Å². The predicted molar refractivity (Wildman–Crippen MR) is 86.4 cm³/mol. The van der Waals surface area contributed by atoms with Crippen LogP contribution in [0.5, 0.6) is 0 Å². The Kier molecular flexibility index (Phi) is 6.11. The molecule has 0 radical (unpaired) electrons. The number of nitrogen functional groups attached to an aromatic ring is 1. The lowest BCUT2D eigenvalue weighted by Crippen LogP contribution is -2.33. The zero-order valence-electron chi connectivity index (χ0n) is 13.1. The van der Waals surface area contributed by atoms with E-state index in [4.69, 9.17) is 5.73 Å². The monoisotopic (exact) mass is 292 g/mol. The highest BCUT2D eigenvalue weighted by atomic mass is 16.1. The number of rotatable bonds is 7. The van der Waals surface area contributed by atoms with E-state index in [1.807, 2.05) is 10.8 Å². The van der Waals surface area contributed by atoms with E-state index < -0.39 is 0 Å². The minimum atomic E-state index is -0.0150. The molecule has 1 fully saturated rings. The Bertz CT molecular complexity index is 449. The lowest BCUT2D eigenvalue weighted by Gasteiger charge is -2.26. The molecule has 1 saturated heterocycles. The second kappa shape index (κ2) is 8.08. The second-order valence-electron chi connectivity index (χ2n) is 5.86. The van der Waals surface area contributed by atoms with Crippen LogP contribution in [0.4, 0.5) is 5.69 Å². The molecule has 3 N–H and O–H groups in total. The molecule has 1 aliphatic heterocycles. The number of carbonyl (C=O) groups excluding carboxylic acids is 1. The van der Waals surface area contributed by atoms with E-state index in [1.165, 1.54) is 32.4 Å². The molecule has 118 valence electrons. The number of aryl methyl sites for hydroxylation is 1. The van der Waals surface area contributed by atoms with Gasteiger partial charge in [-0.3, -0.25) is 4.79 Å². The van der Waals surface area contributed by atoms with Crippen LogP contribution in [0, 0.1) is 0 Å². The van der Waals surface area contributed by atoms with Gasteiger partial charge in [-0.25, -0.2) is 0 Å². The van der Waals surface area contributed by atoms with Crippen LogP contribution in [0.25, 0.3) is 0 Å². The molecule has 5 nitrogen and oxygen atoms in total. The lowest BCUT2D eigenvalue weighted by atomic mass is 10.1. The Morgan fingerprint density at radius 1 is 1.29 bits per heavy atom. The fourth-order valence-electron chi connectivity index (χ4n) is 2.93. The number of anilines is 1. The normalized spacial score (nSPS) is 16.0. The summed E-state index contributed by atoms with van der Waals surface area (Å²) >= 11 is 0. The topological polar surface area (TPSA) is 63.3 Å². The molecule has 5 heteroatoms. The van der Waals surface area contributed by atoms with Crippen molar-refractivity contribution in [2.24, 2.45) is 0 Å². The summed E-state index contributed by atoms with van der Waals surface area (Å²) in [7, 11) is 0. The zero-order valence-corrected chi connectivity index (χ0v) is 13.1. The maximum atomic E-state index is 12.2. The van der Waals surface area contributed by atoms with E-state index >= 15 is 0 Å². The summed E-state index contributed by atoms with van der Waals surface area (Å²) in [6.45, 7) is 7.16. The largest absolute Gasteiger partial charge is 0.397 e. The zero-order chi connectivity index (χ0) is 15.1. The molecule has 0 saturated carbocycles. The van der Waals surface area contributed by atoms with Gasteiger partial charge >= 0.3 is 0 Å². The number of hydrogen-bond acceptors (Lipinski definition) is 3. The Morgan fingerprint density at radius 2 is 2.05 bits per heavy atom. The highest BCUT2D eigenvalue weighted by molar-refractivity contribution is 5.93. The average molecular weight is 292 g/mol. The first-order valence-electron chi connectivity index (χ1n) is 8.17. The predicted octanol–water partition coefficient (Wildman–Crippen LogP) is 2.09. The molecular formula is C16H28N4O. The van der Waals surface area contributed by atoms with Crippen LogP contribution < -0.4 is 11.1 Å². The van der Waals surface area contributed by atoms with E-state index in [0.717, 1.165) is 32.5 Å². The third-order valence-corrected chi connectivity index (χ3v) is 4.00. The number of likely N-dealkylation sites (tertiary alicyclic amines) is 1. The molecular weight excluding hydrogens is 264 g/mol. The van der Waals surface area contributed by atoms with Gasteiger partial charge in [0.05, 0.1) is 5.69 Å². The summed E-state index contributed by atoms with van der Waals surface area (Å²) in [6, 6.07) is 1.76. The number of nitrogens with one attached hydrogen (secondary N) is 1. The van der Waals surface area contributed by atoms with Gasteiger partial charge in [-0.05, 0) is 51.4 Å². The van der Waals surface area contributed by atoms with Crippen molar-refractivity contribution in [1.82, 2.24) is 14.8 Å². The average Bonchev–Trinajstić information content (AvgIpc) is 2.86. The maximum Gasteiger partial charge on any atom is 0.267 e. The van der Waals surface area contributed by atoms with Gasteiger partial charge in [0.1, 0.15) is 5.69 Å². The van der Waals surface area contributed by atoms with Crippen molar-refractivity contribution < 1.29 is 4.79 Å². The van der Waals surface area contributed by atoms with Crippen molar-refractivity contribution >= 4 is 11.6 Å². The molecule has 1 aliphatic rings. The van der Waals surface area contributed by atoms with Gasteiger partial charge in [-0.1, -0.05) is 13.3 Å². The number of hydrogen-bond donors (Lipinski definition) is 2. The molecule has 1 aromatic rings. The van der Waals surface area contributed by atoms with Gasteiger partial charge in [-0.2, -0.15) is 0 Å². The summed E-state index contributed by atoms with van der Waals surface area (Å²) in [5, 5.41) is 3.01. The van der Waals surface area contributed by atoms with E-state index in [0.29, 0.717) is 11.4 Å². The maximum absolute atomic E-state index is 12.2. The molecule has 0 spiro atoms. The molecule has 1 amide bonds. The van der Waals surface area contributed by atoms with Crippen LogP contribution in [0.3, 0.4) is 0 Å². The van der Waals surface area contributed by atoms with Crippen LogP contribution in [-0.4, -0.2) is 41.6 Å². The first-order chi connectivity index (χ1) is 10.2. The Hall–Kier alpha value is -1.49. The van der Waals surface area contributed by atoms with Crippen molar-refractivity contribution in [1.29, 1.82) is 0 Å². The van der Waals surface area contributed by atoms with Gasteiger partial charge in [-0.15, -0.1) is 0 Å². The molecule has 0 atom stereocenters. The third kappa shape index (κ3) is 4.77. The first-order valence-corrected chi connectivity index (χ1v) is 8.17. The molecule has 0 unspecified atom stereocenters. The van der Waals surface area contributed by atoms with Crippen molar-refractivity contribution in [3.05, 3.63) is 18.0 Å². The highest BCUT2D eigenvalue weighted by Crippen LogP contribution is 2.11. The Labute approximate surface area is 127 Å². The van der Waals surface area contributed by atoms with E-state index in [9.17, 15) is 4.79 Å². The van der Waals surface area contributed by atoms with Crippen LogP contribution in [-0.2, 0) is 6.54 Å². The fraction of sp³-hybridized carbons (Fsp3) is 0.688. The summed E-state index contributed by atoms with van der Waals surface area (Å²) < 4.78 is 1.94. The molecule has 21 heavy (non-hydrogen) atoms. The SMILES string of the molecule is CCCn1cc(N)cc1C(=O)NCCCN1CCCCC1. The smallest absolute Gasteiger partial charge is 0.267 e. The molecule has 1 aromatic heterocycles. The van der Waals surface area contributed by atoms with Crippen molar-refractivity contribution in [3.8, 4) is 0 Å². The first kappa shape index (κ1) is 15.9. The van der Waals surface area contributed by atoms with Crippen LogP contribution >= 0.6 is 0 Å². The van der Waals surface area contributed by atoms with Gasteiger partial charge in [0, 0.05) is 19.3 Å². The van der Waals surface area contributed by atoms with Gasteiger partial charge in [0.25, 0.3) is 5.91 Å². The quantitative estimate of drug-likeness (QED) is 0.756. The minimum absolute atomic E-state index is 0.0150. The van der Waals surface area contributed by atoms with Gasteiger partial charge in [0.2, 0.25) is 0 Å². The van der Waals surface area contributed by atoms with E-state index in [1.54, 1.807) is 6.07 Å². The number of nitrogens with zero attached hydrogens (tertiary/aromatic N) is 2. The molecule has 0 aliphatic carbocycles.